The van der Waals surface area contributed by atoms with Crippen LogP contribution in [0.1, 0.15) is 11.1 Å². The molecular weight excluding hydrogens is 334 g/mol. The van der Waals surface area contributed by atoms with Gasteiger partial charge in [-0.25, -0.2) is 8.78 Å². The van der Waals surface area contributed by atoms with E-state index in [-0.39, 0.29) is 11.6 Å². The summed E-state index contributed by atoms with van der Waals surface area (Å²) in [4.78, 5) is 0. The highest BCUT2D eigenvalue weighted by Gasteiger charge is 2.37. The molecule has 3 rings (SSSR count). The first-order valence-corrected chi connectivity index (χ1v) is 14.3. The topological polar surface area (TPSA) is 0 Å². The first-order valence-electron chi connectivity index (χ1n) is 8.18. The summed E-state index contributed by atoms with van der Waals surface area (Å²) in [5.74, 6) is -0.401. The second kappa shape index (κ2) is 5.94. The van der Waals surface area contributed by atoms with E-state index in [9.17, 15) is 8.78 Å². The van der Waals surface area contributed by atoms with Gasteiger partial charge in [-0.1, -0.05) is 72.2 Å². The first kappa shape index (κ1) is 17.1. The molecule has 124 valence electrons. The summed E-state index contributed by atoms with van der Waals surface area (Å²) in [5, 5.41) is 2.76. The van der Waals surface area contributed by atoms with E-state index in [1.54, 1.807) is 0 Å². The van der Waals surface area contributed by atoms with Crippen molar-refractivity contribution in [2.24, 2.45) is 0 Å². The van der Waals surface area contributed by atoms with Crippen LogP contribution in [0.3, 0.4) is 0 Å². The Balaban J connectivity index is 2.08. The average Bonchev–Trinajstić information content (AvgIpc) is 2.51. The zero-order valence-corrected chi connectivity index (χ0v) is 16.5. The minimum atomic E-state index is -1.81. The molecule has 0 aromatic heterocycles. The fourth-order valence-corrected chi connectivity index (χ4v) is 12.5. The van der Waals surface area contributed by atoms with Gasteiger partial charge in [0.05, 0.1) is 0 Å². The van der Waals surface area contributed by atoms with E-state index in [0.29, 0.717) is 0 Å². The van der Waals surface area contributed by atoms with Crippen molar-refractivity contribution in [2.45, 2.75) is 26.2 Å². The van der Waals surface area contributed by atoms with Crippen molar-refractivity contribution in [3.8, 4) is 0 Å². The summed E-state index contributed by atoms with van der Waals surface area (Å²) >= 11 is 0. The zero-order valence-electron chi connectivity index (χ0n) is 14.5. The Morgan fingerprint density at radius 1 is 0.542 bits per heavy atom. The highest BCUT2D eigenvalue weighted by Crippen LogP contribution is 2.40. The minimum absolute atomic E-state index is 0.200. The van der Waals surface area contributed by atoms with E-state index in [0.717, 1.165) is 11.1 Å². The Bertz CT molecular complexity index is 742. The molecule has 0 fully saturated rings. The van der Waals surface area contributed by atoms with Crippen LogP contribution in [-0.4, -0.2) is 16.1 Å². The van der Waals surface area contributed by atoms with Gasteiger partial charge in [0.15, 0.2) is 0 Å². The first-order chi connectivity index (χ1) is 11.2. The third-order valence-corrected chi connectivity index (χ3v) is 10.9. The van der Waals surface area contributed by atoms with Crippen LogP contribution < -0.4 is 0 Å². The summed E-state index contributed by atoms with van der Waals surface area (Å²) in [5.41, 5.74) is 7.15. The SMILES string of the molecule is C[Si]1(C)C=C(c2ccc(F)cc2)[Si](C)(C)C=C1c1ccc(F)cc1. The average molecular weight is 357 g/mol. The van der Waals surface area contributed by atoms with Gasteiger partial charge in [-0.05, 0) is 35.4 Å². The Morgan fingerprint density at radius 2 is 0.833 bits per heavy atom. The van der Waals surface area contributed by atoms with Crippen LogP contribution in [0.15, 0.2) is 59.9 Å². The molecule has 0 amide bonds. The van der Waals surface area contributed by atoms with E-state index in [4.69, 9.17) is 0 Å². The Labute approximate surface area is 144 Å². The van der Waals surface area contributed by atoms with Crippen LogP contribution in [0.2, 0.25) is 26.2 Å². The largest absolute Gasteiger partial charge is 0.207 e. The fourth-order valence-electron chi connectivity index (χ4n) is 3.42. The maximum Gasteiger partial charge on any atom is 0.123 e. The molecule has 2 aromatic carbocycles. The number of rotatable bonds is 2. The molecule has 0 saturated heterocycles. The van der Waals surface area contributed by atoms with Crippen molar-refractivity contribution in [1.29, 1.82) is 0 Å². The predicted octanol–water partition coefficient (Wildman–Crippen LogP) is 6.02. The quantitative estimate of drug-likeness (QED) is 0.577. The molecule has 0 spiro atoms. The van der Waals surface area contributed by atoms with Crippen molar-refractivity contribution in [3.05, 3.63) is 82.7 Å². The third-order valence-electron chi connectivity index (χ3n) is 4.71. The van der Waals surface area contributed by atoms with Crippen LogP contribution in [0.5, 0.6) is 0 Å². The molecule has 1 aliphatic rings. The summed E-state index contributed by atoms with van der Waals surface area (Å²) < 4.78 is 26.5. The highest BCUT2D eigenvalue weighted by molar-refractivity contribution is 7.10. The van der Waals surface area contributed by atoms with Gasteiger partial charge in [0.2, 0.25) is 0 Å². The Hall–Kier alpha value is -1.79. The van der Waals surface area contributed by atoms with Crippen molar-refractivity contribution >= 4 is 26.5 Å². The molecular formula is C20H22F2Si2. The summed E-state index contributed by atoms with van der Waals surface area (Å²) in [6.07, 6.45) is 0. The molecule has 0 bridgehead atoms. The molecule has 1 aliphatic heterocycles. The lowest BCUT2D eigenvalue weighted by atomic mass is 10.2. The molecule has 0 aliphatic carbocycles. The molecule has 0 radical (unpaired) electrons. The van der Waals surface area contributed by atoms with Gasteiger partial charge in [-0.3, -0.25) is 0 Å². The van der Waals surface area contributed by atoms with Gasteiger partial charge in [-0.2, -0.15) is 0 Å². The van der Waals surface area contributed by atoms with Gasteiger partial charge in [-0.15, -0.1) is 0 Å². The smallest absolute Gasteiger partial charge is 0.123 e. The lowest BCUT2D eigenvalue weighted by Gasteiger charge is -2.36. The van der Waals surface area contributed by atoms with Crippen molar-refractivity contribution in [2.75, 3.05) is 0 Å². The minimum Gasteiger partial charge on any atom is -0.207 e. The van der Waals surface area contributed by atoms with Crippen LogP contribution in [0.4, 0.5) is 8.78 Å². The molecule has 0 saturated carbocycles. The number of benzene rings is 2. The second-order valence-corrected chi connectivity index (χ2v) is 16.1. The van der Waals surface area contributed by atoms with Crippen molar-refractivity contribution in [1.82, 2.24) is 0 Å². The lowest BCUT2D eigenvalue weighted by Crippen LogP contribution is -2.39. The van der Waals surface area contributed by atoms with Crippen molar-refractivity contribution < 1.29 is 8.78 Å². The highest BCUT2D eigenvalue weighted by atomic mass is 28.3. The van der Waals surface area contributed by atoms with Gasteiger partial charge >= 0.3 is 0 Å². The maximum atomic E-state index is 13.3. The van der Waals surface area contributed by atoms with Gasteiger partial charge in [0, 0.05) is 0 Å². The normalized spacial score (nSPS) is 18.8. The molecule has 24 heavy (non-hydrogen) atoms. The van der Waals surface area contributed by atoms with Gasteiger partial charge in [0.1, 0.15) is 27.8 Å². The Kier molecular flexibility index (Phi) is 4.22. The number of halogens is 2. The maximum absolute atomic E-state index is 13.3. The number of hydrogen-bond acceptors (Lipinski definition) is 0. The monoisotopic (exact) mass is 356 g/mol. The molecule has 4 heteroatoms. The summed E-state index contributed by atoms with van der Waals surface area (Å²) in [7, 11) is -3.62. The molecule has 0 N–H and O–H groups in total. The van der Waals surface area contributed by atoms with Gasteiger partial charge in [0.25, 0.3) is 0 Å². The summed E-state index contributed by atoms with van der Waals surface area (Å²) in [6, 6.07) is 13.7. The predicted molar refractivity (Wildman–Crippen MR) is 104 cm³/mol. The molecule has 0 unspecified atom stereocenters. The molecule has 1 heterocycles. The van der Waals surface area contributed by atoms with Crippen LogP contribution >= 0.6 is 0 Å². The molecule has 0 nitrogen and oxygen atoms in total. The van der Waals surface area contributed by atoms with E-state index in [1.807, 2.05) is 24.3 Å². The lowest BCUT2D eigenvalue weighted by molar-refractivity contribution is 0.627. The number of hydrogen-bond donors (Lipinski definition) is 0. The van der Waals surface area contributed by atoms with Crippen LogP contribution in [0, 0.1) is 11.6 Å². The van der Waals surface area contributed by atoms with Crippen LogP contribution in [-0.2, 0) is 0 Å². The Morgan fingerprint density at radius 3 is 1.12 bits per heavy atom. The fraction of sp³-hybridized carbons (Fsp3) is 0.200. The van der Waals surface area contributed by atoms with Crippen molar-refractivity contribution in [3.63, 3.8) is 0 Å². The van der Waals surface area contributed by atoms with E-state index < -0.39 is 16.1 Å². The molecule has 2 aromatic rings. The van der Waals surface area contributed by atoms with E-state index in [2.05, 4.69) is 37.6 Å². The van der Waals surface area contributed by atoms with Gasteiger partial charge < -0.3 is 0 Å². The molecule has 0 atom stereocenters. The standard InChI is InChI=1S/C20H22F2Si2/c1-23(2)13-20(16-7-11-18(22)12-8-16)24(3,4)14-19(23)15-5-9-17(21)10-6-15/h5-14H,1-4H3. The van der Waals surface area contributed by atoms with Crippen LogP contribution in [0.25, 0.3) is 10.4 Å². The van der Waals surface area contributed by atoms with E-state index >= 15 is 0 Å². The third kappa shape index (κ3) is 3.21. The summed E-state index contributed by atoms with van der Waals surface area (Å²) in [6.45, 7) is 9.26. The zero-order chi connectivity index (χ0) is 17.5. The van der Waals surface area contributed by atoms with E-state index in [1.165, 1.54) is 34.7 Å². The second-order valence-electron chi connectivity index (χ2n) is 7.57.